The lowest BCUT2D eigenvalue weighted by molar-refractivity contribution is 0.0726. The van der Waals surface area contributed by atoms with Crippen LogP contribution >= 0.6 is 11.8 Å². The highest BCUT2D eigenvalue weighted by Crippen LogP contribution is 2.28. The molecule has 0 aliphatic rings. The van der Waals surface area contributed by atoms with Crippen molar-refractivity contribution in [2.24, 2.45) is 0 Å². The molecule has 0 saturated carbocycles. The Balaban J connectivity index is 1.91. The molecule has 0 aliphatic carbocycles. The number of rotatable bonds is 7. The van der Waals surface area contributed by atoms with E-state index in [4.69, 9.17) is 0 Å². The highest BCUT2D eigenvalue weighted by molar-refractivity contribution is 8.00. The van der Waals surface area contributed by atoms with Gasteiger partial charge in [-0.25, -0.2) is 0 Å². The van der Waals surface area contributed by atoms with E-state index in [1.807, 2.05) is 65.6 Å². The minimum atomic E-state index is 0.0754. The average molecular weight is 376 g/mol. The van der Waals surface area contributed by atoms with Crippen LogP contribution in [0.1, 0.15) is 35.3 Å². The largest absolute Gasteiger partial charge is 0.330 e. The van der Waals surface area contributed by atoms with Crippen molar-refractivity contribution >= 4 is 17.7 Å². The number of hydrogen-bond donors (Lipinski definition) is 0. The number of hydrogen-bond acceptors (Lipinski definition) is 2. The number of carbonyl (C=O) groups excluding carboxylic acids is 1. The quantitative estimate of drug-likeness (QED) is 0.470. The van der Waals surface area contributed by atoms with Crippen LogP contribution in [0, 0.1) is 0 Å². The van der Waals surface area contributed by atoms with Crippen molar-refractivity contribution < 1.29 is 4.79 Å². The van der Waals surface area contributed by atoms with Gasteiger partial charge >= 0.3 is 0 Å². The second-order valence-electron chi connectivity index (χ2n) is 6.80. The Morgan fingerprint density at radius 3 is 1.78 bits per heavy atom. The summed E-state index contributed by atoms with van der Waals surface area (Å²) in [6.07, 6.45) is 0. The molecule has 0 aliphatic heterocycles. The molecule has 3 aromatic carbocycles. The summed E-state index contributed by atoms with van der Waals surface area (Å²) in [5, 5.41) is 0.427. The Kier molecular flexibility index (Phi) is 6.72. The molecule has 0 heterocycles. The molecular weight excluding hydrogens is 350 g/mol. The Bertz CT molecular complexity index is 820. The van der Waals surface area contributed by atoms with Gasteiger partial charge in [-0.05, 0) is 23.3 Å². The molecule has 0 unspecified atom stereocenters. The smallest absolute Gasteiger partial charge is 0.255 e. The fourth-order valence-electron chi connectivity index (χ4n) is 2.98. The van der Waals surface area contributed by atoms with Crippen LogP contribution in [0.5, 0.6) is 0 Å². The van der Waals surface area contributed by atoms with E-state index in [2.05, 4.69) is 38.1 Å². The van der Waals surface area contributed by atoms with E-state index in [1.165, 1.54) is 0 Å². The van der Waals surface area contributed by atoms with Crippen molar-refractivity contribution in [1.29, 1.82) is 0 Å². The van der Waals surface area contributed by atoms with Gasteiger partial charge in [0.1, 0.15) is 0 Å². The van der Waals surface area contributed by atoms with E-state index in [-0.39, 0.29) is 5.91 Å². The second-order valence-corrected chi connectivity index (χ2v) is 8.41. The van der Waals surface area contributed by atoms with Gasteiger partial charge in [0.05, 0.1) is 5.56 Å². The van der Waals surface area contributed by atoms with Crippen molar-refractivity contribution in [3.8, 4) is 0 Å². The van der Waals surface area contributed by atoms with Crippen LogP contribution in [0.4, 0.5) is 0 Å². The first-order valence-corrected chi connectivity index (χ1v) is 10.1. The van der Waals surface area contributed by atoms with E-state index in [9.17, 15) is 4.79 Å². The Morgan fingerprint density at radius 2 is 1.26 bits per heavy atom. The lowest BCUT2D eigenvalue weighted by Gasteiger charge is -2.24. The van der Waals surface area contributed by atoms with Gasteiger partial charge in [-0.1, -0.05) is 86.6 Å². The zero-order chi connectivity index (χ0) is 19.1. The zero-order valence-electron chi connectivity index (χ0n) is 15.8. The highest BCUT2D eigenvalue weighted by Gasteiger charge is 2.20. The summed E-state index contributed by atoms with van der Waals surface area (Å²) in [4.78, 5) is 16.4. The van der Waals surface area contributed by atoms with Crippen LogP contribution in [0.25, 0.3) is 0 Å². The monoisotopic (exact) mass is 375 g/mol. The molecule has 0 spiro atoms. The first-order chi connectivity index (χ1) is 13.1. The third kappa shape index (κ3) is 5.48. The third-order valence-electron chi connectivity index (χ3n) is 4.20. The molecule has 3 aromatic rings. The summed E-state index contributed by atoms with van der Waals surface area (Å²) in [6.45, 7) is 5.49. The van der Waals surface area contributed by atoms with Crippen molar-refractivity contribution in [2.45, 2.75) is 37.1 Å². The fraction of sp³-hybridized carbons (Fsp3) is 0.208. The molecule has 138 valence electrons. The normalized spacial score (nSPS) is 10.8. The van der Waals surface area contributed by atoms with Crippen molar-refractivity contribution in [3.63, 3.8) is 0 Å². The summed E-state index contributed by atoms with van der Waals surface area (Å²) in [5.41, 5.74) is 3.05. The van der Waals surface area contributed by atoms with Gasteiger partial charge in [-0.2, -0.15) is 0 Å². The molecule has 3 heteroatoms. The summed E-state index contributed by atoms with van der Waals surface area (Å²) in [7, 11) is 0. The number of amides is 1. The van der Waals surface area contributed by atoms with Crippen LogP contribution in [0.15, 0.2) is 89.8 Å². The minimum Gasteiger partial charge on any atom is -0.330 e. The average Bonchev–Trinajstić information content (AvgIpc) is 2.68. The van der Waals surface area contributed by atoms with E-state index >= 15 is 0 Å². The van der Waals surface area contributed by atoms with Crippen molar-refractivity contribution in [1.82, 2.24) is 4.90 Å². The van der Waals surface area contributed by atoms with Crippen LogP contribution in [-0.2, 0) is 13.1 Å². The minimum absolute atomic E-state index is 0.0754. The van der Waals surface area contributed by atoms with Gasteiger partial charge in [0, 0.05) is 23.2 Å². The van der Waals surface area contributed by atoms with Gasteiger partial charge in [-0.3, -0.25) is 4.79 Å². The maximum Gasteiger partial charge on any atom is 0.255 e. The fourth-order valence-corrected chi connectivity index (χ4v) is 3.92. The summed E-state index contributed by atoms with van der Waals surface area (Å²) >= 11 is 1.74. The first-order valence-electron chi connectivity index (χ1n) is 9.26. The van der Waals surface area contributed by atoms with Gasteiger partial charge in [0.25, 0.3) is 5.91 Å². The maximum absolute atomic E-state index is 13.5. The molecule has 2 nitrogen and oxygen atoms in total. The van der Waals surface area contributed by atoms with E-state index in [0.717, 1.165) is 21.6 Å². The molecular formula is C24H25NOS. The molecule has 0 radical (unpaired) electrons. The van der Waals surface area contributed by atoms with Crippen LogP contribution in [0.2, 0.25) is 0 Å². The van der Waals surface area contributed by atoms with E-state index < -0.39 is 0 Å². The number of thioether (sulfide) groups is 1. The number of carbonyl (C=O) groups is 1. The first kappa shape index (κ1) is 19.2. The van der Waals surface area contributed by atoms with E-state index in [0.29, 0.717) is 18.3 Å². The topological polar surface area (TPSA) is 20.3 Å². The summed E-state index contributed by atoms with van der Waals surface area (Å²) < 4.78 is 0. The van der Waals surface area contributed by atoms with Gasteiger partial charge in [0.2, 0.25) is 0 Å². The Hall–Kier alpha value is -2.52. The van der Waals surface area contributed by atoms with Gasteiger partial charge in [-0.15, -0.1) is 11.8 Å². The Labute approximate surface area is 166 Å². The molecule has 0 aromatic heterocycles. The predicted octanol–water partition coefficient (Wildman–Crippen LogP) is 6.03. The highest BCUT2D eigenvalue weighted by atomic mass is 32.2. The predicted molar refractivity (Wildman–Crippen MR) is 114 cm³/mol. The molecule has 3 rings (SSSR count). The Morgan fingerprint density at radius 1 is 0.778 bits per heavy atom. The molecule has 0 bridgehead atoms. The summed E-state index contributed by atoms with van der Waals surface area (Å²) in [6, 6.07) is 28.3. The lowest BCUT2D eigenvalue weighted by atomic mass is 10.1. The SMILES string of the molecule is CC(C)Sc1ccccc1C(=O)N(Cc1ccccc1)Cc1ccccc1. The van der Waals surface area contributed by atoms with Crippen molar-refractivity contribution in [3.05, 3.63) is 102 Å². The molecule has 0 saturated heterocycles. The van der Waals surface area contributed by atoms with Crippen LogP contribution in [-0.4, -0.2) is 16.1 Å². The molecule has 27 heavy (non-hydrogen) atoms. The second kappa shape index (κ2) is 9.43. The zero-order valence-corrected chi connectivity index (χ0v) is 16.7. The van der Waals surface area contributed by atoms with Crippen molar-refractivity contribution in [2.75, 3.05) is 0 Å². The van der Waals surface area contributed by atoms with Gasteiger partial charge in [0.15, 0.2) is 0 Å². The molecule has 0 atom stereocenters. The van der Waals surface area contributed by atoms with Crippen LogP contribution < -0.4 is 0 Å². The third-order valence-corrected chi connectivity index (χ3v) is 5.28. The summed E-state index contributed by atoms with van der Waals surface area (Å²) in [5.74, 6) is 0.0754. The van der Waals surface area contributed by atoms with Crippen LogP contribution in [0.3, 0.4) is 0 Å². The molecule has 0 N–H and O–H groups in total. The maximum atomic E-state index is 13.5. The standard InChI is InChI=1S/C24H25NOS/c1-19(2)27-23-16-10-9-15-22(23)24(26)25(17-20-11-5-3-6-12-20)18-21-13-7-4-8-14-21/h3-16,19H,17-18H2,1-2H3. The number of nitrogens with zero attached hydrogens (tertiary/aromatic N) is 1. The van der Waals surface area contributed by atoms with Gasteiger partial charge < -0.3 is 4.90 Å². The lowest BCUT2D eigenvalue weighted by Crippen LogP contribution is -2.30. The van der Waals surface area contributed by atoms with E-state index in [1.54, 1.807) is 11.8 Å². The number of benzene rings is 3. The molecule has 0 fully saturated rings. The molecule has 1 amide bonds.